The Balaban J connectivity index is 2.03. The first-order chi connectivity index (χ1) is 7.25. The molecule has 4 heteroatoms. The van der Waals surface area contributed by atoms with E-state index in [1.807, 2.05) is 0 Å². The lowest BCUT2D eigenvalue weighted by atomic mass is 10.1. The quantitative estimate of drug-likeness (QED) is 0.753. The molecule has 0 bridgehead atoms. The molecule has 0 radical (unpaired) electrons. The summed E-state index contributed by atoms with van der Waals surface area (Å²) in [6.07, 6.45) is 1.46. The summed E-state index contributed by atoms with van der Waals surface area (Å²) in [5, 5.41) is 0. The second-order valence-corrected chi connectivity index (χ2v) is 3.50. The van der Waals surface area contributed by atoms with E-state index < -0.39 is 11.6 Å². The molecule has 0 aromatic heterocycles. The van der Waals surface area contributed by atoms with Crippen LogP contribution in [0.3, 0.4) is 0 Å². The maximum absolute atomic E-state index is 13.2. The molecule has 1 aliphatic rings. The number of rotatable bonds is 2. The Kier molecular flexibility index (Phi) is 3.16. The van der Waals surface area contributed by atoms with Crippen LogP contribution in [0.2, 0.25) is 0 Å². The van der Waals surface area contributed by atoms with Gasteiger partial charge in [0.15, 0.2) is 11.6 Å². The summed E-state index contributed by atoms with van der Waals surface area (Å²) in [7, 11) is 0. The van der Waals surface area contributed by atoms with Crippen LogP contribution in [0, 0.1) is 11.6 Å². The van der Waals surface area contributed by atoms with Crippen molar-refractivity contribution in [3.05, 3.63) is 29.8 Å². The van der Waals surface area contributed by atoms with Gasteiger partial charge in [-0.2, -0.15) is 0 Å². The topological polar surface area (TPSA) is 18.5 Å². The van der Waals surface area contributed by atoms with Crippen LogP contribution in [-0.4, -0.2) is 19.3 Å². The largest absolute Gasteiger partial charge is 0.487 e. The highest BCUT2D eigenvalue weighted by Gasteiger charge is 2.17. The van der Waals surface area contributed by atoms with E-state index in [0.29, 0.717) is 13.2 Å². The maximum atomic E-state index is 13.2. The summed E-state index contributed by atoms with van der Waals surface area (Å²) < 4.78 is 36.4. The zero-order valence-corrected chi connectivity index (χ0v) is 8.21. The molecule has 1 fully saturated rings. The van der Waals surface area contributed by atoms with Crippen LogP contribution in [0.15, 0.2) is 18.2 Å². The second-order valence-electron chi connectivity index (χ2n) is 3.50. The SMILES string of the molecule is Fc1ccc(OC2CCOCC2)c(F)c1. The van der Waals surface area contributed by atoms with Crippen LogP contribution < -0.4 is 4.74 Å². The molecule has 1 aromatic carbocycles. The second kappa shape index (κ2) is 4.57. The van der Waals surface area contributed by atoms with Crippen molar-refractivity contribution in [1.29, 1.82) is 0 Å². The Morgan fingerprint density at radius 2 is 1.93 bits per heavy atom. The minimum absolute atomic E-state index is 0.0290. The van der Waals surface area contributed by atoms with Crippen molar-refractivity contribution >= 4 is 0 Å². The van der Waals surface area contributed by atoms with Crippen LogP contribution in [-0.2, 0) is 4.74 Å². The van der Waals surface area contributed by atoms with Crippen molar-refractivity contribution < 1.29 is 18.3 Å². The normalized spacial score (nSPS) is 17.7. The van der Waals surface area contributed by atoms with Gasteiger partial charge in [0, 0.05) is 18.9 Å². The summed E-state index contributed by atoms with van der Waals surface area (Å²) in [4.78, 5) is 0. The molecular formula is C11H12F2O2. The fourth-order valence-corrected chi connectivity index (χ4v) is 1.54. The molecule has 0 unspecified atom stereocenters. The molecule has 0 saturated carbocycles. The molecule has 1 aliphatic heterocycles. The lowest BCUT2D eigenvalue weighted by Gasteiger charge is -2.23. The van der Waals surface area contributed by atoms with Crippen molar-refractivity contribution in [3.8, 4) is 5.75 Å². The van der Waals surface area contributed by atoms with E-state index in [-0.39, 0.29) is 11.9 Å². The third kappa shape index (κ3) is 2.65. The number of hydrogen-bond acceptors (Lipinski definition) is 2. The molecule has 0 aliphatic carbocycles. The van der Waals surface area contributed by atoms with Gasteiger partial charge in [-0.25, -0.2) is 8.78 Å². The third-order valence-electron chi connectivity index (χ3n) is 2.36. The summed E-state index contributed by atoms with van der Waals surface area (Å²) in [6, 6.07) is 3.34. The Morgan fingerprint density at radius 1 is 1.20 bits per heavy atom. The van der Waals surface area contributed by atoms with Gasteiger partial charge in [-0.15, -0.1) is 0 Å². The summed E-state index contributed by atoms with van der Waals surface area (Å²) >= 11 is 0. The molecule has 0 amide bonds. The average Bonchev–Trinajstić information content (AvgIpc) is 2.24. The van der Waals surface area contributed by atoms with Gasteiger partial charge in [0.05, 0.1) is 13.2 Å². The molecule has 2 rings (SSSR count). The molecular weight excluding hydrogens is 202 g/mol. The van der Waals surface area contributed by atoms with Crippen LogP contribution >= 0.6 is 0 Å². The predicted octanol–water partition coefficient (Wildman–Crippen LogP) is 2.52. The Labute approximate surface area is 86.8 Å². The van der Waals surface area contributed by atoms with Gasteiger partial charge in [0.25, 0.3) is 0 Å². The van der Waals surface area contributed by atoms with Gasteiger partial charge in [0.2, 0.25) is 0 Å². The Hall–Kier alpha value is -1.16. The van der Waals surface area contributed by atoms with Crippen LogP contribution in [0.4, 0.5) is 8.78 Å². The highest BCUT2D eigenvalue weighted by molar-refractivity contribution is 5.24. The molecule has 0 spiro atoms. The molecule has 0 atom stereocenters. The molecule has 1 saturated heterocycles. The molecule has 0 N–H and O–H groups in total. The minimum atomic E-state index is -0.651. The van der Waals surface area contributed by atoms with E-state index in [9.17, 15) is 8.78 Å². The highest BCUT2D eigenvalue weighted by Crippen LogP contribution is 2.21. The lowest BCUT2D eigenvalue weighted by Crippen LogP contribution is -2.26. The van der Waals surface area contributed by atoms with Crippen LogP contribution in [0.25, 0.3) is 0 Å². The van der Waals surface area contributed by atoms with Crippen molar-refractivity contribution in [3.63, 3.8) is 0 Å². The van der Waals surface area contributed by atoms with Gasteiger partial charge in [-0.1, -0.05) is 0 Å². The molecule has 15 heavy (non-hydrogen) atoms. The average molecular weight is 214 g/mol. The fraction of sp³-hybridized carbons (Fsp3) is 0.455. The minimum Gasteiger partial charge on any atom is -0.487 e. The van der Waals surface area contributed by atoms with Crippen molar-refractivity contribution in [2.45, 2.75) is 18.9 Å². The predicted molar refractivity (Wildman–Crippen MR) is 50.8 cm³/mol. The third-order valence-corrected chi connectivity index (χ3v) is 2.36. The van der Waals surface area contributed by atoms with E-state index in [4.69, 9.17) is 9.47 Å². The van der Waals surface area contributed by atoms with Gasteiger partial charge in [-0.05, 0) is 12.1 Å². The zero-order chi connectivity index (χ0) is 10.7. The van der Waals surface area contributed by atoms with Gasteiger partial charge in [0.1, 0.15) is 11.9 Å². The monoisotopic (exact) mass is 214 g/mol. The molecule has 1 heterocycles. The lowest BCUT2D eigenvalue weighted by molar-refractivity contribution is 0.0240. The summed E-state index contributed by atoms with van der Waals surface area (Å²) in [5.41, 5.74) is 0. The maximum Gasteiger partial charge on any atom is 0.167 e. The standard InChI is InChI=1S/C11H12F2O2/c12-8-1-2-11(10(13)7-8)15-9-3-5-14-6-4-9/h1-2,7,9H,3-6H2. The first-order valence-electron chi connectivity index (χ1n) is 4.95. The Bertz CT molecular complexity index is 335. The van der Waals surface area contributed by atoms with Gasteiger partial charge < -0.3 is 9.47 Å². The first-order valence-corrected chi connectivity index (χ1v) is 4.95. The van der Waals surface area contributed by atoms with E-state index in [1.54, 1.807) is 0 Å². The van der Waals surface area contributed by atoms with E-state index >= 15 is 0 Å². The number of hydrogen-bond donors (Lipinski definition) is 0. The molecule has 82 valence electrons. The fourth-order valence-electron chi connectivity index (χ4n) is 1.54. The van der Waals surface area contributed by atoms with E-state index in [2.05, 4.69) is 0 Å². The van der Waals surface area contributed by atoms with E-state index in [0.717, 1.165) is 18.9 Å². The smallest absolute Gasteiger partial charge is 0.167 e. The molecule has 1 aromatic rings. The van der Waals surface area contributed by atoms with Gasteiger partial charge >= 0.3 is 0 Å². The number of benzene rings is 1. The van der Waals surface area contributed by atoms with Crippen LogP contribution in [0.5, 0.6) is 5.75 Å². The van der Waals surface area contributed by atoms with E-state index in [1.165, 1.54) is 12.1 Å². The first kappa shape index (κ1) is 10.4. The van der Waals surface area contributed by atoms with Crippen molar-refractivity contribution in [1.82, 2.24) is 0 Å². The zero-order valence-electron chi connectivity index (χ0n) is 8.21. The van der Waals surface area contributed by atoms with Crippen molar-refractivity contribution in [2.24, 2.45) is 0 Å². The van der Waals surface area contributed by atoms with Crippen LogP contribution in [0.1, 0.15) is 12.8 Å². The van der Waals surface area contributed by atoms with Crippen molar-refractivity contribution in [2.75, 3.05) is 13.2 Å². The van der Waals surface area contributed by atoms with Gasteiger partial charge in [-0.3, -0.25) is 0 Å². The summed E-state index contributed by atoms with van der Waals surface area (Å²) in [5.74, 6) is -1.13. The number of ether oxygens (including phenoxy) is 2. The molecule has 2 nitrogen and oxygen atoms in total. The highest BCUT2D eigenvalue weighted by atomic mass is 19.1. The summed E-state index contributed by atoms with van der Waals surface area (Å²) in [6.45, 7) is 1.26. The number of halogens is 2. The Morgan fingerprint density at radius 3 is 2.60 bits per heavy atom.